The fraction of sp³-hybridized carbons (Fsp3) is 0.412. The second-order valence-corrected chi connectivity index (χ2v) is 5.53. The molecule has 22 heavy (non-hydrogen) atoms. The predicted molar refractivity (Wildman–Crippen MR) is 88.5 cm³/mol. The van der Waals surface area contributed by atoms with Crippen LogP contribution >= 0.6 is 11.6 Å². The van der Waals surface area contributed by atoms with Crippen molar-refractivity contribution >= 4 is 29.6 Å². The number of methoxy groups -OCH3 is 1. The Morgan fingerprint density at radius 2 is 1.95 bits per heavy atom. The van der Waals surface area contributed by atoms with Gasteiger partial charge in [0.2, 0.25) is 5.91 Å². The molecule has 0 bridgehead atoms. The van der Waals surface area contributed by atoms with E-state index >= 15 is 0 Å². The van der Waals surface area contributed by atoms with Crippen LogP contribution in [0.3, 0.4) is 0 Å². The van der Waals surface area contributed by atoms with Crippen molar-refractivity contribution in [3.8, 4) is 0 Å². The number of carbonyl (C=O) groups is 2. The minimum atomic E-state index is -0.343. The number of halogens is 1. The predicted octanol–water partition coefficient (Wildman–Crippen LogP) is 3.40. The Bertz CT molecular complexity index is 525. The van der Waals surface area contributed by atoms with E-state index in [0.717, 1.165) is 12.0 Å². The largest absolute Gasteiger partial charge is 0.469 e. The minimum absolute atomic E-state index is 0.118. The van der Waals surface area contributed by atoms with Crippen molar-refractivity contribution in [2.75, 3.05) is 20.2 Å². The molecule has 5 heteroatoms. The maximum absolute atomic E-state index is 12.3. The number of nitrogens with zero attached hydrogens (tertiary/aromatic N) is 1. The van der Waals surface area contributed by atoms with E-state index in [2.05, 4.69) is 0 Å². The Balaban J connectivity index is 2.71. The van der Waals surface area contributed by atoms with E-state index in [1.807, 2.05) is 19.1 Å². The Morgan fingerprint density at radius 1 is 1.32 bits per heavy atom. The SMILES string of the molecule is CCCN(CC(C)C(=O)OC)C(=O)/C=C/c1ccc(Cl)cc1. The molecular weight excluding hydrogens is 302 g/mol. The standard InChI is InChI=1S/C17H22ClNO3/c1-4-11-19(12-13(2)17(21)22-3)16(20)10-7-14-5-8-15(18)9-6-14/h5-10,13H,4,11-12H2,1-3H3/b10-7+. The van der Waals surface area contributed by atoms with Crippen molar-refractivity contribution in [1.29, 1.82) is 0 Å². The van der Waals surface area contributed by atoms with Gasteiger partial charge in [0.15, 0.2) is 0 Å². The molecule has 0 heterocycles. The Hall–Kier alpha value is -1.81. The summed E-state index contributed by atoms with van der Waals surface area (Å²) in [6.07, 6.45) is 4.08. The molecule has 1 unspecified atom stereocenters. The average Bonchev–Trinajstić information content (AvgIpc) is 2.52. The third-order valence-corrected chi connectivity index (χ3v) is 3.44. The first-order valence-electron chi connectivity index (χ1n) is 7.28. The molecule has 0 radical (unpaired) electrons. The lowest BCUT2D eigenvalue weighted by Gasteiger charge is -2.23. The summed E-state index contributed by atoms with van der Waals surface area (Å²) >= 11 is 5.82. The lowest BCUT2D eigenvalue weighted by atomic mass is 10.1. The summed E-state index contributed by atoms with van der Waals surface area (Å²) in [4.78, 5) is 25.4. The van der Waals surface area contributed by atoms with E-state index in [1.54, 1.807) is 30.0 Å². The first-order chi connectivity index (χ1) is 10.5. The lowest BCUT2D eigenvalue weighted by molar-refractivity contribution is -0.146. The normalized spacial score (nSPS) is 12.2. The topological polar surface area (TPSA) is 46.6 Å². The van der Waals surface area contributed by atoms with Crippen LogP contribution in [0.2, 0.25) is 5.02 Å². The van der Waals surface area contributed by atoms with Gasteiger partial charge in [-0.15, -0.1) is 0 Å². The van der Waals surface area contributed by atoms with Gasteiger partial charge in [0.05, 0.1) is 13.0 Å². The second kappa shape index (κ2) is 9.26. The molecule has 0 aliphatic rings. The van der Waals surface area contributed by atoms with Crippen LogP contribution in [-0.4, -0.2) is 37.0 Å². The summed E-state index contributed by atoms with van der Waals surface area (Å²) in [6, 6.07) is 7.23. The molecule has 0 aliphatic heterocycles. The Kier molecular flexibility index (Phi) is 7.67. The fourth-order valence-electron chi connectivity index (χ4n) is 2.01. The van der Waals surface area contributed by atoms with Gasteiger partial charge in [-0.3, -0.25) is 9.59 Å². The van der Waals surface area contributed by atoms with Crippen LogP contribution in [0, 0.1) is 5.92 Å². The molecular formula is C17H22ClNO3. The van der Waals surface area contributed by atoms with Crippen LogP contribution in [0.25, 0.3) is 6.08 Å². The van der Waals surface area contributed by atoms with Gasteiger partial charge >= 0.3 is 5.97 Å². The molecule has 0 saturated carbocycles. The van der Waals surface area contributed by atoms with Crippen LogP contribution in [0.5, 0.6) is 0 Å². The van der Waals surface area contributed by atoms with E-state index in [-0.39, 0.29) is 17.8 Å². The highest BCUT2D eigenvalue weighted by molar-refractivity contribution is 6.30. The van der Waals surface area contributed by atoms with Gasteiger partial charge in [0.25, 0.3) is 0 Å². The summed E-state index contributed by atoms with van der Waals surface area (Å²) < 4.78 is 4.70. The number of esters is 1. The highest BCUT2D eigenvalue weighted by Crippen LogP contribution is 2.11. The minimum Gasteiger partial charge on any atom is -0.469 e. The maximum Gasteiger partial charge on any atom is 0.310 e. The number of carbonyl (C=O) groups excluding carboxylic acids is 2. The van der Waals surface area contributed by atoms with Gasteiger partial charge in [0.1, 0.15) is 0 Å². The number of ether oxygens (including phenoxy) is 1. The zero-order valence-corrected chi connectivity index (χ0v) is 14.0. The zero-order chi connectivity index (χ0) is 16.5. The second-order valence-electron chi connectivity index (χ2n) is 5.09. The quantitative estimate of drug-likeness (QED) is 0.570. The molecule has 1 amide bonds. The molecule has 4 nitrogen and oxygen atoms in total. The van der Waals surface area contributed by atoms with E-state index in [4.69, 9.17) is 16.3 Å². The Labute approximate surface area is 136 Å². The number of benzene rings is 1. The summed E-state index contributed by atoms with van der Waals surface area (Å²) in [5.74, 6) is -0.771. The van der Waals surface area contributed by atoms with Crippen LogP contribution in [0.15, 0.2) is 30.3 Å². The monoisotopic (exact) mass is 323 g/mol. The van der Waals surface area contributed by atoms with Crippen molar-refractivity contribution < 1.29 is 14.3 Å². The van der Waals surface area contributed by atoms with Crippen LogP contribution in [0.4, 0.5) is 0 Å². The van der Waals surface area contributed by atoms with Crippen LogP contribution in [0.1, 0.15) is 25.8 Å². The van der Waals surface area contributed by atoms with Gasteiger partial charge < -0.3 is 9.64 Å². The highest BCUT2D eigenvalue weighted by Gasteiger charge is 2.19. The van der Waals surface area contributed by atoms with Crippen molar-refractivity contribution in [1.82, 2.24) is 4.90 Å². The number of amides is 1. The molecule has 0 aliphatic carbocycles. The van der Waals surface area contributed by atoms with E-state index in [0.29, 0.717) is 18.1 Å². The lowest BCUT2D eigenvalue weighted by Crippen LogP contribution is -2.36. The van der Waals surface area contributed by atoms with E-state index in [1.165, 1.54) is 13.2 Å². The summed E-state index contributed by atoms with van der Waals surface area (Å²) in [5.41, 5.74) is 0.898. The first-order valence-corrected chi connectivity index (χ1v) is 7.66. The molecule has 0 N–H and O–H groups in total. The zero-order valence-electron chi connectivity index (χ0n) is 13.2. The molecule has 0 aromatic heterocycles. The van der Waals surface area contributed by atoms with Gasteiger partial charge in [0, 0.05) is 24.2 Å². The fourth-order valence-corrected chi connectivity index (χ4v) is 2.14. The van der Waals surface area contributed by atoms with E-state index < -0.39 is 0 Å². The van der Waals surface area contributed by atoms with Gasteiger partial charge in [-0.1, -0.05) is 37.6 Å². The van der Waals surface area contributed by atoms with Crippen molar-refractivity contribution in [3.05, 3.63) is 40.9 Å². The molecule has 120 valence electrons. The highest BCUT2D eigenvalue weighted by atomic mass is 35.5. The molecule has 1 rings (SSSR count). The summed E-state index contributed by atoms with van der Waals surface area (Å²) in [7, 11) is 1.35. The third-order valence-electron chi connectivity index (χ3n) is 3.19. The summed E-state index contributed by atoms with van der Waals surface area (Å²) in [5, 5.41) is 0.656. The van der Waals surface area contributed by atoms with Crippen molar-refractivity contribution in [3.63, 3.8) is 0 Å². The molecule has 0 spiro atoms. The number of rotatable bonds is 7. The molecule has 1 aromatic carbocycles. The van der Waals surface area contributed by atoms with Gasteiger partial charge in [-0.2, -0.15) is 0 Å². The third kappa shape index (κ3) is 5.90. The van der Waals surface area contributed by atoms with E-state index in [9.17, 15) is 9.59 Å². The smallest absolute Gasteiger partial charge is 0.310 e. The number of hydrogen-bond acceptors (Lipinski definition) is 3. The van der Waals surface area contributed by atoms with Crippen molar-refractivity contribution in [2.24, 2.45) is 5.92 Å². The molecule has 1 aromatic rings. The van der Waals surface area contributed by atoms with Gasteiger partial charge in [-0.05, 0) is 30.2 Å². The molecule has 1 atom stereocenters. The van der Waals surface area contributed by atoms with Gasteiger partial charge in [-0.25, -0.2) is 0 Å². The molecule has 0 saturated heterocycles. The maximum atomic E-state index is 12.3. The first kappa shape index (κ1) is 18.2. The average molecular weight is 324 g/mol. The number of hydrogen-bond donors (Lipinski definition) is 0. The van der Waals surface area contributed by atoms with Crippen molar-refractivity contribution in [2.45, 2.75) is 20.3 Å². The Morgan fingerprint density at radius 3 is 2.50 bits per heavy atom. The van der Waals surface area contributed by atoms with Crippen LogP contribution in [-0.2, 0) is 14.3 Å². The summed E-state index contributed by atoms with van der Waals surface area (Å²) in [6.45, 7) is 4.70. The van der Waals surface area contributed by atoms with Crippen LogP contribution < -0.4 is 0 Å². The molecule has 0 fully saturated rings.